The van der Waals surface area contributed by atoms with Gasteiger partial charge in [0, 0.05) is 26.1 Å². The summed E-state index contributed by atoms with van der Waals surface area (Å²) in [6, 6.07) is 0. The second kappa shape index (κ2) is 4.50. The molecule has 0 spiro atoms. The van der Waals surface area contributed by atoms with Crippen LogP contribution in [0.3, 0.4) is 0 Å². The predicted octanol–water partition coefficient (Wildman–Crippen LogP) is 1.78. The lowest BCUT2D eigenvalue weighted by Gasteiger charge is -2.19. The number of carbonyl (C=O) groups excluding carboxylic acids is 1. The summed E-state index contributed by atoms with van der Waals surface area (Å²) >= 11 is 0. The van der Waals surface area contributed by atoms with Crippen molar-refractivity contribution in [2.75, 3.05) is 13.2 Å². The van der Waals surface area contributed by atoms with E-state index in [0.717, 1.165) is 38.9 Å². The molecular weight excluding hydrogens is 140 g/mol. The van der Waals surface area contributed by atoms with E-state index in [1.165, 1.54) is 0 Å². The van der Waals surface area contributed by atoms with E-state index in [2.05, 4.69) is 0 Å². The first-order chi connectivity index (χ1) is 5.33. The van der Waals surface area contributed by atoms with Gasteiger partial charge in [-0.25, -0.2) is 0 Å². The van der Waals surface area contributed by atoms with Gasteiger partial charge in [-0.2, -0.15) is 0 Å². The van der Waals surface area contributed by atoms with Crippen LogP contribution in [0.1, 0.15) is 32.6 Å². The van der Waals surface area contributed by atoms with Crippen LogP contribution in [-0.4, -0.2) is 19.0 Å². The molecule has 64 valence electrons. The molecule has 1 rings (SSSR count). The Balaban J connectivity index is 2.12. The van der Waals surface area contributed by atoms with E-state index in [9.17, 15) is 4.79 Å². The van der Waals surface area contributed by atoms with E-state index in [4.69, 9.17) is 4.74 Å². The van der Waals surface area contributed by atoms with E-state index >= 15 is 0 Å². The Kier molecular flexibility index (Phi) is 3.57. The van der Waals surface area contributed by atoms with Gasteiger partial charge in [-0.15, -0.1) is 0 Å². The summed E-state index contributed by atoms with van der Waals surface area (Å²) in [6.07, 6.45) is 3.63. The van der Waals surface area contributed by atoms with E-state index in [0.29, 0.717) is 11.7 Å². The van der Waals surface area contributed by atoms with Crippen molar-refractivity contribution in [1.82, 2.24) is 0 Å². The van der Waals surface area contributed by atoms with Crippen molar-refractivity contribution in [2.45, 2.75) is 32.6 Å². The Morgan fingerprint density at radius 2 is 2.09 bits per heavy atom. The quantitative estimate of drug-likeness (QED) is 0.622. The molecule has 1 fully saturated rings. The van der Waals surface area contributed by atoms with Crippen molar-refractivity contribution in [1.29, 1.82) is 0 Å². The fourth-order valence-corrected chi connectivity index (χ4v) is 1.45. The third-order valence-electron chi connectivity index (χ3n) is 2.22. The highest BCUT2D eigenvalue weighted by Crippen LogP contribution is 2.21. The monoisotopic (exact) mass is 156 g/mol. The second-order valence-corrected chi connectivity index (χ2v) is 3.14. The highest BCUT2D eigenvalue weighted by atomic mass is 16.5. The molecule has 0 bridgehead atoms. The molecule has 0 aromatic rings. The molecule has 2 heteroatoms. The van der Waals surface area contributed by atoms with E-state index < -0.39 is 0 Å². The normalized spacial score (nSPS) is 20.6. The van der Waals surface area contributed by atoms with Gasteiger partial charge >= 0.3 is 0 Å². The molecule has 0 aliphatic heterocycles. The van der Waals surface area contributed by atoms with Gasteiger partial charge in [0.2, 0.25) is 0 Å². The zero-order chi connectivity index (χ0) is 8.10. The fourth-order valence-electron chi connectivity index (χ4n) is 1.45. The number of ketones is 1. The molecule has 1 aliphatic carbocycles. The van der Waals surface area contributed by atoms with Gasteiger partial charge < -0.3 is 4.74 Å². The summed E-state index contributed by atoms with van der Waals surface area (Å²) in [4.78, 5) is 10.8. The zero-order valence-electron chi connectivity index (χ0n) is 7.14. The maximum absolute atomic E-state index is 10.8. The third-order valence-corrected chi connectivity index (χ3v) is 2.22. The van der Waals surface area contributed by atoms with Crippen LogP contribution in [0, 0.1) is 5.92 Å². The molecule has 0 aromatic heterocycles. The Morgan fingerprint density at radius 3 is 2.64 bits per heavy atom. The van der Waals surface area contributed by atoms with Gasteiger partial charge in [0.1, 0.15) is 5.78 Å². The van der Waals surface area contributed by atoms with Crippen molar-refractivity contribution in [3.63, 3.8) is 0 Å². The van der Waals surface area contributed by atoms with Crippen LogP contribution < -0.4 is 0 Å². The highest BCUT2D eigenvalue weighted by Gasteiger charge is 2.17. The van der Waals surface area contributed by atoms with Crippen molar-refractivity contribution in [3.05, 3.63) is 0 Å². The number of rotatable bonds is 3. The molecule has 1 aliphatic rings. The van der Waals surface area contributed by atoms with Gasteiger partial charge in [0.15, 0.2) is 0 Å². The summed E-state index contributed by atoms with van der Waals surface area (Å²) in [5.74, 6) is 1.07. The van der Waals surface area contributed by atoms with Crippen LogP contribution in [0.15, 0.2) is 0 Å². The van der Waals surface area contributed by atoms with Gasteiger partial charge in [0.25, 0.3) is 0 Å². The Bertz CT molecular complexity index is 122. The van der Waals surface area contributed by atoms with Crippen molar-refractivity contribution >= 4 is 5.78 Å². The lowest BCUT2D eigenvalue weighted by molar-refractivity contribution is -0.121. The van der Waals surface area contributed by atoms with Crippen molar-refractivity contribution in [2.24, 2.45) is 5.92 Å². The van der Waals surface area contributed by atoms with Crippen LogP contribution >= 0.6 is 0 Å². The molecule has 0 heterocycles. The average Bonchev–Trinajstić information content (AvgIpc) is 2.04. The first-order valence-corrected chi connectivity index (χ1v) is 4.42. The highest BCUT2D eigenvalue weighted by molar-refractivity contribution is 5.78. The summed E-state index contributed by atoms with van der Waals surface area (Å²) in [5, 5.41) is 0. The van der Waals surface area contributed by atoms with Gasteiger partial charge in [-0.1, -0.05) is 0 Å². The van der Waals surface area contributed by atoms with Gasteiger partial charge in [-0.3, -0.25) is 4.79 Å². The smallest absolute Gasteiger partial charge is 0.132 e. The zero-order valence-corrected chi connectivity index (χ0v) is 7.14. The summed E-state index contributed by atoms with van der Waals surface area (Å²) < 4.78 is 5.30. The fraction of sp³-hybridized carbons (Fsp3) is 0.889. The molecular formula is C9H16O2. The van der Waals surface area contributed by atoms with Crippen LogP contribution in [0.2, 0.25) is 0 Å². The lowest BCUT2D eigenvalue weighted by Crippen LogP contribution is -2.18. The minimum absolute atomic E-state index is 0.428. The van der Waals surface area contributed by atoms with Crippen LogP contribution in [-0.2, 0) is 9.53 Å². The largest absolute Gasteiger partial charge is 0.381 e. The SMILES string of the molecule is CCOCC1CCC(=O)CC1. The Hall–Kier alpha value is -0.370. The number of hydrogen-bond acceptors (Lipinski definition) is 2. The molecule has 0 amide bonds. The lowest BCUT2D eigenvalue weighted by atomic mass is 9.89. The Labute approximate surface area is 67.9 Å². The topological polar surface area (TPSA) is 26.3 Å². The van der Waals surface area contributed by atoms with Crippen LogP contribution in [0.4, 0.5) is 0 Å². The minimum Gasteiger partial charge on any atom is -0.381 e. The molecule has 0 radical (unpaired) electrons. The molecule has 0 N–H and O–H groups in total. The third kappa shape index (κ3) is 3.02. The average molecular weight is 156 g/mol. The number of ether oxygens (including phenoxy) is 1. The Morgan fingerprint density at radius 1 is 1.45 bits per heavy atom. The number of carbonyl (C=O) groups is 1. The first kappa shape index (κ1) is 8.72. The van der Waals surface area contributed by atoms with E-state index in [1.54, 1.807) is 0 Å². The van der Waals surface area contributed by atoms with Crippen molar-refractivity contribution < 1.29 is 9.53 Å². The molecule has 0 saturated heterocycles. The molecule has 0 aromatic carbocycles. The number of hydrogen-bond donors (Lipinski definition) is 0. The standard InChI is InChI=1S/C9H16O2/c1-2-11-7-8-3-5-9(10)6-4-8/h8H,2-7H2,1H3. The molecule has 0 atom stereocenters. The predicted molar refractivity (Wildman–Crippen MR) is 43.5 cm³/mol. The summed E-state index contributed by atoms with van der Waals surface area (Å²) in [5.41, 5.74) is 0. The van der Waals surface area contributed by atoms with Crippen molar-refractivity contribution in [3.8, 4) is 0 Å². The first-order valence-electron chi connectivity index (χ1n) is 4.42. The van der Waals surface area contributed by atoms with E-state index in [-0.39, 0.29) is 0 Å². The summed E-state index contributed by atoms with van der Waals surface area (Å²) in [7, 11) is 0. The maximum Gasteiger partial charge on any atom is 0.132 e. The van der Waals surface area contributed by atoms with Gasteiger partial charge in [-0.05, 0) is 25.7 Å². The van der Waals surface area contributed by atoms with Gasteiger partial charge in [0.05, 0.1) is 0 Å². The molecule has 2 nitrogen and oxygen atoms in total. The van der Waals surface area contributed by atoms with Crippen LogP contribution in [0.25, 0.3) is 0 Å². The molecule has 0 unspecified atom stereocenters. The van der Waals surface area contributed by atoms with E-state index in [1.807, 2.05) is 6.92 Å². The molecule has 11 heavy (non-hydrogen) atoms. The molecule has 1 saturated carbocycles. The minimum atomic E-state index is 0.428. The maximum atomic E-state index is 10.8. The van der Waals surface area contributed by atoms with Crippen LogP contribution in [0.5, 0.6) is 0 Å². The number of Topliss-reactive ketones (excluding diaryl/α,β-unsaturated/α-hetero) is 1. The summed E-state index contributed by atoms with van der Waals surface area (Å²) in [6.45, 7) is 3.65. The second-order valence-electron chi connectivity index (χ2n) is 3.14.